The summed E-state index contributed by atoms with van der Waals surface area (Å²) in [5.41, 5.74) is -0.528. The van der Waals surface area contributed by atoms with E-state index in [9.17, 15) is 4.57 Å². The second-order valence-corrected chi connectivity index (χ2v) is 4.77. The van der Waals surface area contributed by atoms with E-state index >= 15 is 0 Å². The first-order chi connectivity index (χ1) is 5.54. The van der Waals surface area contributed by atoms with Gasteiger partial charge < -0.3 is 4.89 Å². The van der Waals surface area contributed by atoms with Crippen LogP contribution in [-0.4, -0.2) is 29.9 Å². The van der Waals surface area contributed by atoms with Crippen LogP contribution < -0.4 is 0 Å². The molecule has 0 aromatic rings. The molecular weight excluding hydrogens is 226 g/mol. The molecule has 1 fully saturated rings. The van der Waals surface area contributed by atoms with Gasteiger partial charge in [0.25, 0.3) is 0 Å². The number of phosphoric acid groups is 1. The molecule has 0 amide bonds. The molecule has 1 aliphatic rings. The lowest BCUT2D eigenvalue weighted by Crippen LogP contribution is -2.38. The first kappa shape index (κ1) is 10.8. The van der Waals surface area contributed by atoms with Crippen LogP contribution in [0.3, 0.4) is 0 Å². The third-order valence-corrected chi connectivity index (χ3v) is 3.68. The molecule has 0 atom stereocenters. The highest BCUT2D eigenvalue weighted by Crippen LogP contribution is 2.50. The molecule has 12 heavy (non-hydrogen) atoms. The van der Waals surface area contributed by atoms with Gasteiger partial charge in [0, 0.05) is 17.2 Å². The maximum absolute atomic E-state index is 10.8. The van der Waals surface area contributed by atoms with Crippen LogP contribution in [-0.2, 0) is 13.6 Å². The van der Waals surface area contributed by atoms with E-state index in [0.29, 0.717) is 0 Å². The lowest BCUT2D eigenvalue weighted by atomic mass is 9.96. The van der Waals surface area contributed by atoms with Gasteiger partial charge in [0.1, 0.15) is 0 Å². The van der Waals surface area contributed by atoms with E-state index in [-0.39, 0.29) is 25.0 Å². The molecule has 1 aliphatic heterocycles. The van der Waals surface area contributed by atoms with Crippen molar-refractivity contribution in [1.82, 2.24) is 0 Å². The normalized spacial score (nSPS) is 26.9. The van der Waals surface area contributed by atoms with E-state index in [1.54, 1.807) is 0 Å². The average Bonchev–Trinajstić information content (AvgIpc) is 2.06. The molecule has 0 spiro atoms. The quantitative estimate of drug-likeness (QED) is 0.583. The predicted octanol–water partition coefficient (Wildman–Crippen LogP) is 1.60. The molecule has 0 bridgehead atoms. The minimum atomic E-state index is -3.81. The van der Waals surface area contributed by atoms with Crippen molar-refractivity contribution >= 4 is 31.0 Å². The fraction of sp³-hybridized carbons (Fsp3) is 1.00. The summed E-state index contributed by atoms with van der Waals surface area (Å²) in [6.45, 7) is 0.127. The van der Waals surface area contributed by atoms with E-state index < -0.39 is 13.2 Å². The van der Waals surface area contributed by atoms with Gasteiger partial charge in [0.2, 0.25) is 0 Å². The van der Waals surface area contributed by atoms with Crippen molar-refractivity contribution in [2.75, 3.05) is 25.0 Å². The van der Waals surface area contributed by atoms with Gasteiger partial charge in [-0.1, -0.05) is 0 Å². The molecule has 72 valence electrons. The van der Waals surface area contributed by atoms with Crippen LogP contribution >= 0.6 is 31.0 Å². The highest BCUT2D eigenvalue weighted by molar-refractivity contribution is 7.47. The van der Waals surface area contributed by atoms with Crippen molar-refractivity contribution in [2.24, 2.45) is 5.41 Å². The van der Waals surface area contributed by atoms with Crippen LogP contribution in [0.25, 0.3) is 0 Å². The number of alkyl halides is 2. The largest absolute Gasteiger partial charge is 0.472 e. The Kier molecular flexibility index (Phi) is 3.43. The molecule has 0 saturated carbocycles. The van der Waals surface area contributed by atoms with Gasteiger partial charge in [-0.25, -0.2) is 4.57 Å². The monoisotopic (exact) mass is 234 g/mol. The Bertz CT molecular complexity index is 192. The molecule has 0 unspecified atom stereocenters. The Hall–Kier alpha value is 0.690. The maximum atomic E-state index is 10.8. The minimum Gasteiger partial charge on any atom is -0.302 e. The number of halogens is 2. The van der Waals surface area contributed by atoms with Crippen molar-refractivity contribution < 1.29 is 18.5 Å². The first-order valence-corrected chi connectivity index (χ1v) is 5.84. The topological polar surface area (TPSA) is 55.8 Å². The highest BCUT2D eigenvalue weighted by Gasteiger charge is 2.40. The van der Waals surface area contributed by atoms with Crippen LogP contribution in [0, 0.1) is 5.41 Å². The predicted molar refractivity (Wildman–Crippen MR) is 45.6 cm³/mol. The van der Waals surface area contributed by atoms with Gasteiger partial charge in [-0.05, 0) is 0 Å². The van der Waals surface area contributed by atoms with E-state index in [1.807, 2.05) is 0 Å². The number of rotatable bonds is 2. The number of hydrogen-bond donors (Lipinski definition) is 1. The third-order valence-electron chi connectivity index (χ3n) is 1.63. The maximum Gasteiger partial charge on any atom is 0.472 e. The zero-order valence-electron chi connectivity index (χ0n) is 6.20. The second-order valence-electron chi connectivity index (χ2n) is 2.78. The standard InChI is InChI=1S/C5H9Cl2O4P/c6-1-5(2-7)3-10-12(8,9)11-4-5/h1-4H2,(H,8,9). The molecule has 1 saturated heterocycles. The molecule has 0 radical (unpaired) electrons. The molecule has 7 heteroatoms. The summed E-state index contributed by atoms with van der Waals surface area (Å²) >= 11 is 11.2. The second kappa shape index (κ2) is 3.82. The SMILES string of the molecule is O=P1(O)OCC(CCl)(CCl)CO1. The third kappa shape index (κ3) is 2.34. The molecule has 0 aromatic heterocycles. The van der Waals surface area contributed by atoms with E-state index in [4.69, 9.17) is 28.1 Å². The molecule has 0 aliphatic carbocycles. The van der Waals surface area contributed by atoms with Gasteiger partial charge in [0.05, 0.1) is 13.2 Å². The zero-order valence-corrected chi connectivity index (χ0v) is 8.61. The highest BCUT2D eigenvalue weighted by atomic mass is 35.5. The fourth-order valence-corrected chi connectivity index (χ4v) is 2.25. The summed E-state index contributed by atoms with van der Waals surface area (Å²) < 4.78 is 19.9. The van der Waals surface area contributed by atoms with Gasteiger partial charge in [-0.2, -0.15) is 0 Å². The van der Waals surface area contributed by atoms with Crippen molar-refractivity contribution in [3.05, 3.63) is 0 Å². The number of hydrogen-bond acceptors (Lipinski definition) is 3. The zero-order chi connectivity index (χ0) is 9.24. The van der Waals surface area contributed by atoms with Crippen LogP contribution in [0.1, 0.15) is 0 Å². The molecule has 1 rings (SSSR count). The Morgan fingerprint density at radius 2 is 1.75 bits per heavy atom. The van der Waals surface area contributed by atoms with Crippen molar-refractivity contribution in [2.45, 2.75) is 0 Å². The molecular formula is C5H9Cl2O4P. The lowest BCUT2D eigenvalue weighted by Gasteiger charge is -2.34. The van der Waals surface area contributed by atoms with E-state index in [0.717, 1.165) is 0 Å². The first-order valence-electron chi connectivity index (χ1n) is 3.27. The van der Waals surface area contributed by atoms with E-state index in [2.05, 4.69) is 9.05 Å². The minimum absolute atomic E-state index is 0.0633. The van der Waals surface area contributed by atoms with E-state index in [1.165, 1.54) is 0 Å². The summed E-state index contributed by atoms with van der Waals surface area (Å²) in [6, 6.07) is 0. The Labute approximate surface area is 80.4 Å². The van der Waals surface area contributed by atoms with Gasteiger partial charge >= 0.3 is 7.82 Å². The van der Waals surface area contributed by atoms with Gasteiger partial charge in [-0.3, -0.25) is 9.05 Å². The lowest BCUT2D eigenvalue weighted by molar-refractivity contribution is 0.0187. The molecule has 1 N–H and O–H groups in total. The summed E-state index contributed by atoms with van der Waals surface area (Å²) in [5.74, 6) is 0.493. The molecule has 4 nitrogen and oxygen atoms in total. The van der Waals surface area contributed by atoms with Crippen molar-refractivity contribution in [3.8, 4) is 0 Å². The summed E-state index contributed by atoms with van der Waals surface area (Å²) in [6.07, 6.45) is 0. The van der Waals surface area contributed by atoms with Gasteiger partial charge in [-0.15, -0.1) is 23.2 Å². The average molecular weight is 235 g/mol. The Morgan fingerprint density at radius 3 is 2.08 bits per heavy atom. The summed E-state index contributed by atoms with van der Waals surface area (Å²) in [4.78, 5) is 8.82. The molecule has 1 heterocycles. The van der Waals surface area contributed by atoms with Crippen LogP contribution in [0.5, 0.6) is 0 Å². The van der Waals surface area contributed by atoms with Gasteiger partial charge in [0.15, 0.2) is 0 Å². The smallest absolute Gasteiger partial charge is 0.302 e. The summed E-state index contributed by atoms with van der Waals surface area (Å²) in [5, 5.41) is 0. The Morgan fingerprint density at radius 1 is 1.33 bits per heavy atom. The van der Waals surface area contributed by atoms with Crippen molar-refractivity contribution in [1.29, 1.82) is 0 Å². The van der Waals surface area contributed by atoms with Crippen LogP contribution in [0.15, 0.2) is 0 Å². The molecule has 0 aromatic carbocycles. The van der Waals surface area contributed by atoms with Crippen LogP contribution in [0.2, 0.25) is 0 Å². The summed E-state index contributed by atoms with van der Waals surface area (Å²) in [7, 11) is -3.81. The van der Waals surface area contributed by atoms with Crippen LogP contribution in [0.4, 0.5) is 0 Å². The Balaban J connectivity index is 2.59. The number of phosphoric ester groups is 1. The fourth-order valence-electron chi connectivity index (χ4n) is 0.706. The van der Waals surface area contributed by atoms with Crippen molar-refractivity contribution in [3.63, 3.8) is 0 Å².